The number of fused-ring (bicyclic) bond motifs is 1. The largest absolute Gasteiger partial charge is 0.354 e. The summed E-state index contributed by atoms with van der Waals surface area (Å²) in [6.07, 6.45) is 0. The molecule has 2 aliphatic rings. The van der Waals surface area contributed by atoms with Crippen LogP contribution < -0.4 is 15.1 Å². The van der Waals surface area contributed by atoms with Crippen LogP contribution in [0, 0.1) is 6.92 Å². The van der Waals surface area contributed by atoms with Gasteiger partial charge in [0.2, 0.25) is 0 Å². The van der Waals surface area contributed by atoms with Crippen LogP contribution in [0.2, 0.25) is 0 Å². The van der Waals surface area contributed by atoms with Crippen molar-refractivity contribution < 1.29 is 0 Å². The smallest absolute Gasteiger partial charge is 0.138 e. The highest BCUT2D eigenvalue weighted by molar-refractivity contribution is 7.99. The first-order valence-electron chi connectivity index (χ1n) is 8.52. The molecule has 0 spiro atoms. The molecule has 0 bridgehead atoms. The second-order valence-corrected chi connectivity index (χ2v) is 7.54. The lowest BCUT2D eigenvalue weighted by Crippen LogP contribution is -2.44. The fraction of sp³-hybridized carbons (Fsp3) is 0.500. The molecule has 2 aliphatic heterocycles. The molecule has 5 heteroatoms. The Labute approximate surface area is 142 Å². The molecule has 0 unspecified atom stereocenters. The predicted molar refractivity (Wildman–Crippen MR) is 101 cm³/mol. The van der Waals surface area contributed by atoms with E-state index in [1.54, 1.807) is 0 Å². The molecular weight excluding hydrogens is 304 g/mol. The summed E-state index contributed by atoms with van der Waals surface area (Å²) in [7, 11) is 0. The first kappa shape index (κ1) is 15.1. The first-order valence-corrected chi connectivity index (χ1v) is 9.67. The molecule has 122 valence electrons. The van der Waals surface area contributed by atoms with Gasteiger partial charge in [-0.3, -0.25) is 0 Å². The Morgan fingerprint density at radius 1 is 1.00 bits per heavy atom. The van der Waals surface area contributed by atoms with Crippen LogP contribution in [0.3, 0.4) is 0 Å². The van der Waals surface area contributed by atoms with Crippen molar-refractivity contribution in [2.45, 2.75) is 6.92 Å². The maximum absolute atomic E-state index is 5.10. The van der Waals surface area contributed by atoms with Gasteiger partial charge in [-0.15, -0.1) is 0 Å². The molecule has 1 N–H and O–H groups in total. The second kappa shape index (κ2) is 6.57. The van der Waals surface area contributed by atoms with E-state index in [9.17, 15) is 0 Å². The highest BCUT2D eigenvalue weighted by Crippen LogP contribution is 2.32. The third kappa shape index (κ3) is 3.00. The molecule has 23 heavy (non-hydrogen) atoms. The van der Waals surface area contributed by atoms with E-state index in [0.717, 1.165) is 45.1 Å². The van der Waals surface area contributed by atoms with Gasteiger partial charge in [-0.05, 0) is 23.9 Å². The van der Waals surface area contributed by atoms with Gasteiger partial charge in [-0.25, -0.2) is 4.98 Å². The fourth-order valence-electron chi connectivity index (χ4n) is 3.47. The number of benzene rings is 1. The van der Waals surface area contributed by atoms with Crippen LogP contribution in [-0.4, -0.2) is 55.8 Å². The Bertz CT molecular complexity index is 691. The molecule has 2 aromatic rings. The van der Waals surface area contributed by atoms with Gasteiger partial charge in [-0.1, -0.05) is 18.2 Å². The third-order valence-electron chi connectivity index (χ3n) is 4.81. The van der Waals surface area contributed by atoms with E-state index in [1.807, 2.05) is 11.8 Å². The lowest BCUT2D eigenvalue weighted by atomic mass is 10.1. The molecule has 2 saturated heterocycles. The van der Waals surface area contributed by atoms with E-state index >= 15 is 0 Å². The van der Waals surface area contributed by atoms with Gasteiger partial charge < -0.3 is 15.1 Å². The summed E-state index contributed by atoms with van der Waals surface area (Å²) in [5, 5.41) is 6.08. The van der Waals surface area contributed by atoms with Crippen LogP contribution in [0.5, 0.6) is 0 Å². The van der Waals surface area contributed by atoms with Crippen molar-refractivity contribution in [2.24, 2.45) is 0 Å². The van der Waals surface area contributed by atoms with Gasteiger partial charge in [0.05, 0.1) is 0 Å². The summed E-state index contributed by atoms with van der Waals surface area (Å²) in [6, 6.07) is 8.89. The number of aryl methyl sites for hydroxylation is 1. The minimum Gasteiger partial charge on any atom is -0.354 e. The number of thioether (sulfide) groups is 1. The van der Waals surface area contributed by atoms with Gasteiger partial charge in [-0.2, -0.15) is 11.8 Å². The standard InChI is InChI=1S/C18H24N4S/c1-14-3-2-4-15-16(14)13-17(21-7-5-19-6-8-21)20-18(15)22-9-11-23-12-10-22/h2-4,13,19H,5-12H2,1H3. The zero-order valence-electron chi connectivity index (χ0n) is 13.7. The van der Waals surface area contributed by atoms with Gasteiger partial charge in [0.15, 0.2) is 0 Å². The number of anilines is 2. The number of rotatable bonds is 2. The lowest BCUT2D eigenvalue weighted by molar-refractivity contribution is 0.585. The zero-order chi connectivity index (χ0) is 15.6. The minimum absolute atomic E-state index is 1.04. The van der Waals surface area contributed by atoms with Gasteiger partial charge >= 0.3 is 0 Å². The minimum atomic E-state index is 1.04. The van der Waals surface area contributed by atoms with Gasteiger partial charge in [0, 0.05) is 56.2 Å². The van der Waals surface area contributed by atoms with Crippen LogP contribution in [0.25, 0.3) is 10.8 Å². The summed E-state index contributed by atoms with van der Waals surface area (Å²) in [6.45, 7) is 8.59. The van der Waals surface area contributed by atoms with Crippen LogP contribution in [-0.2, 0) is 0 Å². The summed E-state index contributed by atoms with van der Waals surface area (Å²) in [5.41, 5.74) is 1.34. The molecule has 4 rings (SSSR count). The number of nitrogens with one attached hydrogen (secondary N) is 1. The number of hydrogen-bond acceptors (Lipinski definition) is 5. The predicted octanol–water partition coefficient (Wildman–Crippen LogP) is 2.51. The summed E-state index contributed by atoms with van der Waals surface area (Å²) in [4.78, 5) is 10.0. The van der Waals surface area contributed by atoms with Crippen molar-refractivity contribution in [1.29, 1.82) is 0 Å². The van der Waals surface area contributed by atoms with Crippen LogP contribution >= 0.6 is 11.8 Å². The number of pyridine rings is 1. The van der Waals surface area contributed by atoms with E-state index < -0.39 is 0 Å². The number of nitrogens with zero attached hydrogens (tertiary/aromatic N) is 3. The van der Waals surface area contributed by atoms with Crippen LogP contribution in [0.1, 0.15) is 5.56 Å². The molecule has 0 aliphatic carbocycles. The molecule has 0 radical (unpaired) electrons. The lowest BCUT2D eigenvalue weighted by Gasteiger charge is -2.32. The highest BCUT2D eigenvalue weighted by atomic mass is 32.2. The molecule has 0 saturated carbocycles. The maximum Gasteiger partial charge on any atom is 0.138 e. The molecule has 1 aromatic carbocycles. The Balaban J connectivity index is 1.82. The first-order chi connectivity index (χ1) is 11.3. The molecule has 2 fully saturated rings. The normalized spacial score (nSPS) is 19.3. The van der Waals surface area contributed by atoms with Gasteiger partial charge in [0.25, 0.3) is 0 Å². The average Bonchev–Trinajstić information content (AvgIpc) is 2.63. The van der Waals surface area contributed by atoms with Crippen LogP contribution in [0.4, 0.5) is 11.6 Å². The molecule has 1 aromatic heterocycles. The second-order valence-electron chi connectivity index (χ2n) is 6.31. The van der Waals surface area contributed by atoms with Crippen molar-refractivity contribution in [3.8, 4) is 0 Å². The van der Waals surface area contributed by atoms with Crippen LogP contribution in [0.15, 0.2) is 24.3 Å². The van der Waals surface area contributed by atoms with E-state index in [-0.39, 0.29) is 0 Å². The fourth-order valence-corrected chi connectivity index (χ4v) is 4.37. The molecule has 3 heterocycles. The molecule has 4 nitrogen and oxygen atoms in total. The van der Waals surface area contributed by atoms with Crippen molar-refractivity contribution in [3.63, 3.8) is 0 Å². The number of aromatic nitrogens is 1. The Hall–Kier alpha value is -1.46. The number of piperazine rings is 1. The maximum atomic E-state index is 5.10. The Morgan fingerprint density at radius 2 is 1.78 bits per heavy atom. The van der Waals surface area contributed by atoms with E-state index in [1.165, 1.54) is 33.7 Å². The Kier molecular flexibility index (Phi) is 4.31. The van der Waals surface area contributed by atoms with E-state index in [0.29, 0.717) is 0 Å². The third-order valence-corrected chi connectivity index (χ3v) is 5.75. The molecule has 0 atom stereocenters. The molecular formula is C18H24N4S. The van der Waals surface area contributed by atoms with Crippen molar-refractivity contribution in [2.75, 3.05) is 60.6 Å². The highest BCUT2D eigenvalue weighted by Gasteiger charge is 2.19. The van der Waals surface area contributed by atoms with E-state index in [4.69, 9.17) is 4.98 Å². The average molecular weight is 328 g/mol. The zero-order valence-corrected chi connectivity index (χ0v) is 14.5. The van der Waals surface area contributed by atoms with E-state index in [2.05, 4.69) is 46.3 Å². The summed E-state index contributed by atoms with van der Waals surface area (Å²) < 4.78 is 0. The topological polar surface area (TPSA) is 31.4 Å². The quantitative estimate of drug-likeness (QED) is 0.915. The monoisotopic (exact) mass is 328 g/mol. The SMILES string of the molecule is Cc1cccc2c(N3CCSCC3)nc(N3CCNCC3)cc12. The summed E-state index contributed by atoms with van der Waals surface area (Å²) in [5.74, 6) is 4.72. The molecule has 0 amide bonds. The number of hydrogen-bond donors (Lipinski definition) is 1. The van der Waals surface area contributed by atoms with Crippen molar-refractivity contribution >= 4 is 34.2 Å². The van der Waals surface area contributed by atoms with Crippen molar-refractivity contribution in [3.05, 3.63) is 29.8 Å². The van der Waals surface area contributed by atoms with Gasteiger partial charge in [0.1, 0.15) is 11.6 Å². The van der Waals surface area contributed by atoms with Crippen molar-refractivity contribution in [1.82, 2.24) is 10.3 Å². The summed E-state index contributed by atoms with van der Waals surface area (Å²) >= 11 is 2.05. The Morgan fingerprint density at radius 3 is 2.57 bits per heavy atom.